The SMILES string of the molecule is CCO.O=C1CC(NC(=O)C2CCCN2C(=O)OCc2ccccc2)CO1. The van der Waals surface area contributed by atoms with E-state index in [2.05, 4.69) is 5.32 Å². The lowest BCUT2D eigenvalue weighted by molar-refractivity contribution is -0.138. The summed E-state index contributed by atoms with van der Waals surface area (Å²) in [6.45, 7) is 2.79. The molecule has 2 fully saturated rings. The molecular formula is C19H26N2O6. The molecule has 1 aromatic carbocycles. The largest absolute Gasteiger partial charge is 0.463 e. The highest BCUT2D eigenvalue weighted by molar-refractivity contribution is 5.87. The molecule has 2 aliphatic rings. The van der Waals surface area contributed by atoms with E-state index in [0.717, 1.165) is 12.0 Å². The fraction of sp³-hybridized carbons (Fsp3) is 0.526. The van der Waals surface area contributed by atoms with Crippen molar-refractivity contribution >= 4 is 18.0 Å². The Bertz CT molecular complexity index is 636. The number of aliphatic hydroxyl groups excluding tert-OH is 1. The van der Waals surface area contributed by atoms with E-state index >= 15 is 0 Å². The van der Waals surface area contributed by atoms with Crippen LogP contribution in [0, 0.1) is 0 Å². The summed E-state index contributed by atoms with van der Waals surface area (Å²) in [6.07, 6.45) is 1.03. The Morgan fingerprint density at radius 3 is 2.67 bits per heavy atom. The minimum atomic E-state index is -0.552. The molecule has 2 heterocycles. The van der Waals surface area contributed by atoms with Crippen molar-refractivity contribution in [3.05, 3.63) is 35.9 Å². The number of nitrogens with one attached hydrogen (secondary N) is 1. The Balaban J connectivity index is 0.000000817. The fourth-order valence-corrected chi connectivity index (χ4v) is 2.96. The average molecular weight is 378 g/mol. The van der Waals surface area contributed by atoms with Crippen LogP contribution in [0.3, 0.4) is 0 Å². The third-order valence-corrected chi connectivity index (χ3v) is 4.20. The van der Waals surface area contributed by atoms with Gasteiger partial charge in [-0.25, -0.2) is 4.79 Å². The number of benzene rings is 1. The molecule has 8 nitrogen and oxygen atoms in total. The third kappa shape index (κ3) is 6.25. The van der Waals surface area contributed by atoms with E-state index in [1.165, 1.54) is 4.90 Å². The number of ether oxygens (including phenoxy) is 2. The minimum absolute atomic E-state index is 0.176. The van der Waals surface area contributed by atoms with Gasteiger partial charge in [0, 0.05) is 13.2 Å². The maximum atomic E-state index is 12.4. The first-order valence-electron chi connectivity index (χ1n) is 9.09. The van der Waals surface area contributed by atoms with Crippen LogP contribution in [0.25, 0.3) is 0 Å². The third-order valence-electron chi connectivity index (χ3n) is 4.20. The standard InChI is InChI=1S/C17H20N2O5.C2H6O/c20-15-9-13(11-23-15)18-16(21)14-7-4-8-19(14)17(22)24-10-12-5-2-1-3-6-12;1-2-3/h1-3,5-6,13-14H,4,7-11H2,(H,18,21);3H,2H2,1H3. The van der Waals surface area contributed by atoms with E-state index < -0.39 is 12.1 Å². The number of esters is 1. The van der Waals surface area contributed by atoms with Crippen LogP contribution in [-0.2, 0) is 25.7 Å². The molecule has 2 N–H and O–H groups in total. The maximum absolute atomic E-state index is 12.4. The average Bonchev–Trinajstić information content (AvgIpc) is 3.30. The van der Waals surface area contributed by atoms with Crippen molar-refractivity contribution in [2.75, 3.05) is 19.8 Å². The molecule has 0 spiro atoms. The highest BCUT2D eigenvalue weighted by atomic mass is 16.6. The molecule has 2 unspecified atom stereocenters. The lowest BCUT2D eigenvalue weighted by atomic mass is 10.2. The number of cyclic esters (lactones) is 1. The zero-order chi connectivity index (χ0) is 19.6. The number of hydrogen-bond donors (Lipinski definition) is 2. The van der Waals surface area contributed by atoms with Gasteiger partial charge < -0.3 is 19.9 Å². The lowest BCUT2D eigenvalue weighted by Gasteiger charge is -2.24. The van der Waals surface area contributed by atoms with Crippen LogP contribution in [-0.4, -0.2) is 59.8 Å². The zero-order valence-corrected chi connectivity index (χ0v) is 15.4. The summed E-state index contributed by atoms with van der Waals surface area (Å²) in [6, 6.07) is 8.53. The molecule has 0 aliphatic carbocycles. The summed E-state index contributed by atoms with van der Waals surface area (Å²) < 4.78 is 10.1. The van der Waals surface area contributed by atoms with Gasteiger partial charge in [-0.2, -0.15) is 0 Å². The van der Waals surface area contributed by atoms with Gasteiger partial charge in [-0.15, -0.1) is 0 Å². The summed E-state index contributed by atoms with van der Waals surface area (Å²) in [5.41, 5.74) is 0.896. The summed E-state index contributed by atoms with van der Waals surface area (Å²) >= 11 is 0. The Labute approximate surface area is 158 Å². The molecule has 2 saturated heterocycles. The molecule has 2 amide bonds. The van der Waals surface area contributed by atoms with Gasteiger partial charge in [0.15, 0.2) is 0 Å². The molecule has 0 radical (unpaired) electrons. The molecule has 2 aliphatic heterocycles. The second-order valence-corrected chi connectivity index (χ2v) is 6.30. The number of hydrogen-bond acceptors (Lipinski definition) is 6. The van der Waals surface area contributed by atoms with Crippen LogP contribution >= 0.6 is 0 Å². The van der Waals surface area contributed by atoms with Crippen molar-refractivity contribution in [1.82, 2.24) is 10.2 Å². The van der Waals surface area contributed by atoms with Crippen molar-refractivity contribution in [2.45, 2.75) is 44.9 Å². The first-order chi connectivity index (χ1) is 13.0. The number of carbonyl (C=O) groups is 3. The molecule has 0 bridgehead atoms. The van der Waals surface area contributed by atoms with Gasteiger partial charge in [0.1, 0.15) is 19.3 Å². The Kier molecular flexibility index (Phi) is 8.06. The number of aliphatic hydroxyl groups is 1. The quantitative estimate of drug-likeness (QED) is 0.763. The Morgan fingerprint density at radius 2 is 2.04 bits per heavy atom. The van der Waals surface area contributed by atoms with E-state index in [4.69, 9.17) is 14.6 Å². The summed E-state index contributed by atoms with van der Waals surface area (Å²) in [4.78, 5) is 37.2. The molecule has 27 heavy (non-hydrogen) atoms. The molecule has 148 valence electrons. The summed E-state index contributed by atoms with van der Waals surface area (Å²) in [5, 5.41) is 10.3. The van der Waals surface area contributed by atoms with Crippen molar-refractivity contribution < 1.29 is 29.0 Å². The van der Waals surface area contributed by atoms with E-state index in [-0.39, 0.29) is 44.2 Å². The van der Waals surface area contributed by atoms with Crippen molar-refractivity contribution in [2.24, 2.45) is 0 Å². The van der Waals surface area contributed by atoms with Gasteiger partial charge in [-0.05, 0) is 25.3 Å². The van der Waals surface area contributed by atoms with E-state index in [1.54, 1.807) is 6.92 Å². The van der Waals surface area contributed by atoms with E-state index in [1.807, 2.05) is 30.3 Å². The number of rotatable bonds is 4. The summed E-state index contributed by atoms with van der Waals surface area (Å²) in [7, 11) is 0. The van der Waals surface area contributed by atoms with Gasteiger partial charge >= 0.3 is 12.1 Å². The summed E-state index contributed by atoms with van der Waals surface area (Å²) in [5.74, 6) is -0.571. The maximum Gasteiger partial charge on any atom is 0.410 e. The Hall–Kier alpha value is -2.61. The van der Waals surface area contributed by atoms with Crippen LogP contribution in [0.4, 0.5) is 4.79 Å². The first kappa shape index (κ1) is 20.7. The molecule has 8 heteroatoms. The zero-order valence-electron chi connectivity index (χ0n) is 15.4. The molecule has 1 aromatic rings. The lowest BCUT2D eigenvalue weighted by Crippen LogP contribution is -2.49. The van der Waals surface area contributed by atoms with Crippen LogP contribution in [0.2, 0.25) is 0 Å². The number of likely N-dealkylation sites (tertiary alicyclic amines) is 1. The van der Waals surface area contributed by atoms with E-state index in [9.17, 15) is 14.4 Å². The molecule has 3 rings (SSSR count). The van der Waals surface area contributed by atoms with Crippen molar-refractivity contribution in [3.8, 4) is 0 Å². The molecule has 0 saturated carbocycles. The minimum Gasteiger partial charge on any atom is -0.463 e. The van der Waals surface area contributed by atoms with Gasteiger partial charge in [0.2, 0.25) is 5.91 Å². The second kappa shape index (κ2) is 10.5. The van der Waals surface area contributed by atoms with Crippen LogP contribution in [0.15, 0.2) is 30.3 Å². The fourth-order valence-electron chi connectivity index (χ4n) is 2.96. The van der Waals surface area contributed by atoms with Gasteiger partial charge in [-0.1, -0.05) is 30.3 Å². The highest BCUT2D eigenvalue weighted by Gasteiger charge is 2.37. The normalized spacial score (nSPS) is 21.1. The topological polar surface area (TPSA) is 105 Å². The number of nitrogens with zero attached hydrogens (tertiary/aromatic N) is 1. The van der Waals surface area contributed by atoms with Crippen LogP contribution in [0.5, 0.6) is 0 Å². The van der Waals surface area contributed by atoms with Gasteiger partial charge in [0.05, 0.1) is 12.5 Å². The first-order valence-corrected chi connectivity index (χ1v) is 9.09. The smallest absolute Gasteiger partial charge is 0.410 e. The number of amides is 2. The molecule has 0 aromatic heterocycles. The monoisotopic (exact) mass is 378 g/mol. The van der Waals surface area contributed by atoms with E-state index in [0.29, 0.717) is 13.0 Å². The van der Waals surface area contributed by atoms with Gasteiger partial charge in [-0.3, -0.25) is 14.5 Å². The predicted octanol–water partition coefficient (Wildman–Crippen LogP) is 1.22. The highest BCUT2D eigenvalue weighted by Crippen LogP contribution is 2.20. The van der Waals surface area contributed by atoms with Crippen LogP contribution in [0.1, 0.15) is 31.7 Å². The predicted molar refractivity (Wildman–Crippen MR) is 96.6 cm³/mol. The Morgan fingerprint density at radius 1 is 1.33 bits per heavy atom. The van der Waals surface area contributed by atoms with Crippen molar-refractivity contribution in [3.63, 3.8) is 0 Å². The van der Waals surface area contributed by atoms with Gasteiger partial charge in [0.25, 0.3) is 0 Å². The second-order valence-electron chi connectivity index (χ2n) is 6.30. The molecular weight excluding hydrogens is 352 g/mol. The molecule has 2 atom stereocenters. The van der Waals surface area contributed by atoms with Crippen LogP contribution < -0.4 is 5.32 Å². The van der Waals surface area contributed by atoms with Crippen molar-refractivity contribution in [1.29, 1.82) is 0 Å². The number of carbonyl (C=O) groups excluding carboxylic acids is 3.